The van der Waals surface area contributed by atoms with Gasteiger partial charge in [0.25, 0.3) is 0 Å². The van der Waals surface area contributed by atoms with Crippen molar-refractivity contribution in [1.29, 1.82) is 0 Å². The van der Waals surface area contributed by atoms with Gasteiger partial charge in [0.05, 0.1) is 5.39 Å². The molecule has 1 aliphatic carbocycles. The summed E-state index contributed by atoms with van der Waals surface area (Å²) in [5.74, 6) is 6.92. The fraction of sp³-hybridized carbons (Fsp3) is 0.600. The molecule has 0 saturated heterocycles. The Bertz CT molecular complexity index is 601. The zero-order chi connectivity index (χ0) is 14.7. The van der Waals surface area contributed by atoms with E-state index >= 15 is 0 Å². The number of anilines is 2. The van der Waals surface area contributed by atoms with Crippen LogP contribution >= 0.6 is 11.3 Å². The molecule has 3 rings (SSSR count). The highest BCUT2D eigenvalue weighted by atomic mass is 32.1. The fourth-order valence-electron chi connectivity index (χ4n) is 2.94. The van der Waals surface area contributed by atoms with E-state index in [2.05, 4.69) is 33.7 Å². The van der Waals surface area contributed by atoms with Crippen molar-refractivity contribution in [2.45, 2.75) is 57.9 Å². The summed E-state index contributed by atoms with van der Waals surface area (Å²) in [5, 5.41) is 4.76. The third-order valence-corrected chi connectivity index (χ3v) is 5.29. The summed E-state index contributed by atoms with van der Waals surface area (Å²) in [5.41, 5.74) is 2.58. The maximum Gasteiger partial charge on any atom is 0.240 e. The van der Waals surface area contributed by atoms with E-state index in [1.54, 1.807) is 11.3 Å². The second-order valence-electron chi connectivity index (χ2n) is 5.66. The average molecular weight is 305 g/mol. The third-order valence-electron chi connectivity index (χ3n) is 4.12. The standard InChI is InChI=1S/C15H23N5S/c1-2-11-9-12-13(17-10-7-5-3-4-6-8-10)18-15(20-16)19-14(12)21-11/h9-10H,2-8,16H2,1H3,(H2,17,18,19,20). The van der Waals surface area contributed by atoms with E-state index in [0.717, 1.165) is 22.5 Å². The molecule has 0 amide bonds. The number of nitrogen functional groups attached to an aromatic ring is 1. The van der Waals surface area contributed by atoms with Crippen molar-refractivity contribution in [2.24, 2.45) is 5.84 Å². The molecular formula is C15H23N5S. The van der Waals surface area contributed by atoms with E-state index in [9.17, 15) is 0 Å². The lowest BCUT2D eigenvalue weighted by Crippen LogP contribution is -2.20. The molecule has 1 aliphatic rings. The zero-order valence-electron chi connectivity index (χ0n) is 12.5. The number of fused-ring (bicyclic) bond motifs is 1. The Morgan fingerprint density at radius 1 is 1.24 bits per heavy atom. The van der Waals surface area contributed by atoms with E-state index < -0.39 is 0 Å². The van der Waals surface area contributed by atoms with Gasteiger partial charge in [0.1, 0.15) is 10.6 Å². The van der Waals surface area contributed by atoms with Crippen LogP contribution in [0.2, 0.25) is 0 Å². The van der Waals surface area contributed by atoms with Gasteiger partial charge in [0.15, 0.2) is 0 Å². The summed E-state index contributed by atoms with van der Waals surface area (Å²) in [6, 6.07) is 2.72. The second kappa shape index (κ2) is 6.58. The van der Waals surface area contributed by atoms with Crippen molar-refractivity contribution in [3.05, 3.63) is 10.9 Å². The largest absolute Gasteiger partial charge is 0.367 e. The lowest BCUT2D eigenvalue weighted by Gasteiger charge is -2.17. The maximum absolute atomic E-state index is 5.51. The molecule has 0 aliphatic heterocycles. The Kier molecular flexibility index (Phi) is 4.55. The number of aryl methyl sites for hydroxylation is 1. The van der Waals surface area contributed by atoms with Crippen LogP contribution in [-0.2, 0) is 6.42 Å². The Morgan fingerprint density at radius 3 is 2.67 bits per heavy atom. The highest BCUT2D eigenvalue weighted by molar-refractivity contribution is 7.18. The van der Waals surface area contributed by atoms with Crippen LogP contribution in [0.4, 0.5) is 11.8 Å². The number of nitrogens with two attached hydrogens (primary N) is 1. The van der Waals surface area contributed by atoms with Gasteiger partial charge in [0, 0.05) is 10.9 Å². The molecule has 21 heavy (non-hydrogen) atoms. The molecule has 0 spiro atoms. The number of thiophene rings is 1. The van der Waals surface area contributed by atoms with Gasteiger partial charge in [-0.05, 0) is 25.3 Å². The van der Waals surface area contributed by atoms with Crippen molar-refractivity contribution < 1.29 is 0 Å². The number of hydrazine groups is 1. The van der Waals surface area contributed by atoms with Gasteiger partial charge in [-0.2, -0.15) is 4.98 Å². The quantitative estimate of drug-likeness (QED) is 0.456. The average Bonchev–Trinajstić information content (AvgIpc) is 2.76. The summed E-state index contributed by atoms with van der Waals surface area (Å²) in [6.07, 6.45) is 8.78. The molecular weight excluding hydrogens is 282 g/mol. The maximum atomic E-state index is 5.51. The first-order valence-corrected chi connectivity index (χ1v) is 8.65. The first-order valence-electron chi connectivity index (χ1n) is 7.83. The monoisotopic (exact) mass is 305 g/mol. The van der Waals surface area contributed by atoms with E-state index in [1.807, 2.05) is 0 Å². The zero-order valence-corrected chi connectivity index (χ0v) is 13.3. The highest BCUT2D eigenvalue weighted by Crippen LogP contribution is 2.31. The number of nitrogens with one attached hydrogen (secondary N) is 2. The van der Waals surface area contributed by atoms with Crippen LogP contribution in [0.25, 0.3) is 10.2 Å². The molecule has 4 N–H and O–H groups in total. The molecule has 2 aromatic rings. The summed E-state index contributed by atoms with van der Waals surface area (Å²) < 4.78 is 0. The number of aromatic nitrogens is 2. The molecule has 1 fully saturated rings. The SMILES string of the molecule is CCc1cc2c(NC3CCCCCC3)nc(NN)nc2s1. The van der Waals surface area contributed by atoms with Gasteiger partial charge in [-0.1, -0.05) is 32.6 Å². The molecule has 0 aromatic carbocycles. The van der Waals surface area contributed by atoms with Gasteiger partial charge < -0.3 is 5.32 Å². The molecule has 2 aromatic heterocycles. The predicted molar refractivity (Wildman–Crippen MR) is 89.7 cm³/mol. The predicted octanol–water partition coefficient (Wildman–Crippen LogP) is 3.67. The topological polar surface area (TPSA) is 75.9 Å². The summed E-state index contributed by atoms with van der Waals surface area (Å²) in [4.78, 5) is 11.3. The number of nitrogens with zero attached hydrogens (tertiary/aromatic N) is 2. The second-order valence-corrected chi connectivity index (χ2v) is 6.77. The van der Waals surface area contributed by atoms with E-state index in [1.165, 1.54) is 43.4 Å². The molecule has 0 bridgehead atoms. The fourth-order valence-corrected chi connectivity index (χ4v) is 3.90. The Labute approximate surface area is 129 Å². The van der Waals surface area contributed by atoms with Gasteiger partial charge in [-0.25, -0.2) is 10.8 Å². The minimum atomic E-state index is 0.489. The lowest BCUT2D eigenvalue weighted by molar-refractivity contribution is 0.618. The molecule has 2 heterocycles. The molecule has 5 nitrogen and oxygen atoms in total. The highest BCUT2D eigenvalue weighted by Gasteiger charge is 2.16. The number of hydrogen-bond acceptors (Lipinski definition) is 6. The Balaban J connectivity index is 1.92. The van der Waals surface area contributed by atoms with Gasteiger partial charge in [-0.3, -0.25) is 5.43 Å². The first kappa shape index (κ1) is 14.5. The van der Waals surface area contributed by atoms with Gasteiger partial charge >= 0.3 is 0 Å². The summed E-state index contributed by atoms with van der Waals surface area (Å²) in [7, 11) is 0. The first-order chi connectivity index (χ1) is 10.3. The van der Waals surface area contributed by atoms with Crippen LogP contribution in [0.3, 0.4) is 0 Å². The smallest absolute Gasteiger partial charge is 0.240 e. The van der Waals surface area contributed by atoms with Crippen LogP contribution in [0, 0.1) is 0 Å². The lowest BCUT2D eigenvalue weighted by atomic mass is 10.1. The van der Waals surface area contributed by atoms with Crippen molar-refractivity contribution in [3.63, 3.8) is 0 Å². The van der Waals surface area contributed by atoms with E-state index in [4.69, 9.17) is 5.84 Å². The van der Waals surface area contributed by atoms with Crippen LogP contribution in [0.5, 0.6) is 0 Å². The van der Waals surface area contributed by atoms with Crippen LogP contribution in [0.15, 0.2) is 6.07 Å². The van der Waals surface area contributed by atoms with Crippen molar-refractivity contribution in [1.82, 2.24) is 9.97 Å². The third kappa shape index (κ3) is 3.27. The molecule has 0 unspecified atom stereocenters. The molecule has 0 atom stereocenters. The number of hydrogen-bond donors (Lipinski definition) is 3. The number of rotatable bonds is 4. The van der Waals surface area contributed by atoms with Crippen LogP contribution in [-0.4, -0.2) is 16.0 Å². The van der Waals surface area contributed by atoms with Crippen molar-refractivity contribution >= 4 is 33.3 Å². The van der Waals surface area contributed by atoms with E-state index in [0.29, 0.717) is 12.0 Å². The van der Waals surface area contributed by atoms with E-state index in [-0.39, 0.29) is 0 Å². The van der Waals surface area contributed by atoms with Crippen molar-refractivity contribution in [2.75, 3.05) is 10.7 Å². The molecule has 6 heteroatoms. The van der Waals surface area contributed by atoms with Crippen LogP contribution < -0.4 is 16.6 Å². The van der Waals surface area contributed by atoms with Crippen molar-refractivity contribution in [3.8, 4) is 0 Å². The normalized spacial score (nSPS) is 16.9. The minimum Gasteiger partial charge on any atom is -0.367 e. The Hall–Kier alpha value is -1.40. The van der Waals surface area contributed by atoms with Crippen LogP contribution in [0.1, 0.15) is 50.3 Å². The summed E-state index contributed by atoms with van der Waals surface area (Å²) >= 11 is 1.72. The van der Waals surface area contributed by atoms with Gasteiger partial charge in [-0.15, -0.1) is 11.3 Å². The summed E-state index contributed by atoms with van der Waals surface area (Å²) in [6.45, 7) is 2.17. The Morgan fingerprint density at radius 2 is 2.00 bits per heavy atom. The molecule has 1 saturated carbocycles. The minimum absolute atomic E-state index is 0.489. The van der Waals surface area contributed by atoms with Gasteiger partial charge in [0.2, 0.25) is 5.95 Å². The molecule has 114 valence electrons. The molecule has 0 radical (unpaired) electrons.